The van der Waals surface area contributed by atoms with Gasteiger partial charge in [-0.1, -0.05) is 19.9 Å². The summed E-state index contributed by atoms with van der Waals surface area (Å²) in [6, 6.07) is 3.20. The van der Waals surface area contributed by atoms with Crippen molar-refractivity contribution in [3.05, 3.63) is 41.2 Å². The molecule has 19 heavy (non-hydrogen) atoms. The predicted molar refractivity (Wildman–Crippen MR) is 64.8 cm³/mol. The molecule has 1 amide bonds. The summed E-state index contributed by atoms with van der Waals surface area (Å²) in [7, 11) is 0. The number of amides is 1. The second-order valence-electron chi connectivity index (χ2n) is 4.25. The molecule has 100 valence electrons. The number of halogens is 2. The lowest BCUT2D eigenvalue weighted by Crippen LogP contribution is -2.16. The fourth-order valence-corrected chi connectivity index (χ4v) is 1.47. The van der Waals surface area contributed by atoms with Gasteiger partial charge in [0.05, 0.1) is 0 Å². The first-order valence-electron chi connectivity index (χ1n) is 5.66. The molecule has 7 heteroatoms. The van der Waals surface area contributed by atoms with E-state index in [2.05, 4.69) is 20.5 Å². The Labute approximate surface area is 108 Å². The zero-order chi connectivity index (χ0) is 14.0. The van der Waals surface area contributed by atoms with Gasteiger partial charge in [0.2, 0.25) is 5.95 Å². The SMILES string of the molecule is CC(C)c1nc(NC(=O)c2c(F)cccc2F)n[nH]1. The quantitative estimate of drug-likeness (QED) is 0.896. The van der Waals surface area contributed by atoms with Crippen molar-refractivity contribution in [3.8, 4) is 0 Å². The number of H-pyrrole nitrogens is 1. The summed E-state index contributed by atoms with van der Waals surface area (Å²) in [5.74, 6) is -2.14. The van der Waals surface area contributed by atoms with Crippen molar-refractivity contribution in [1.29, 1.82) is 0 Å². The van der Waals surface area contributed by atoms with Gasteiger partial charge in [0.15, 0.2) is 0 Å². The van der Waals surface area contributed by atoms with Gasteiger partial charge in [-0.2, -0.15) is 4.98 Å². The number of anilines is 1. The molecule has 0 bridgehead atoms. The molecular weight excluding hydrogens is 254 g/mol. The first-order chi connectivity index (χ1) is 8.99. The molecule has 0 unspecified atom stereocenters. The van der Waals surface area contributed by atoms with Gasteiger partial charge in [-0.05, 0) is 12.1 Å². The maximum Gasteiger partial charge on any atom is 0.264 e. The Hall–Kier alpha value is -2.31. The molecule has 0 spiro atoms. The van der Waals surface area contributed by atoms with Gasteiger partial charge >= 0.3 is 0 Å². The van der Waals surface area contributed by atoms with E-state index in [4.69, 9.17) is 0 Å². The standard InChI is InChI=1S/C12H12F2N4O/c1-6(2)10-15-12(18-17-10)16-11(19)9-7(13)4-3-5-8(9)14/h3-6H,1-2H3,(H2,15,16,17,18,19). The van der Waals surface area contributed by atoms with E-state index in [0.717, 1.165) is 12.1 Å². The molecule has 0 aliphatic carbocycles. The van der Waals surface area contributed by atoms with Gasteiger partial charge in [-0.25, -0.2) is 8.78 Å². The topological polar surface area (TPSA) is 70.7 Å². The van der Waals surface area contributed by atoms with Crippen molar-refractivity contribution in [2.75, 3.05) is 5.32 Å². The number of hydrogen-bond donors (Lipinski definition) is 2. The monoisotopic (exact) mass is 266 g/mol. The molecule has 2 rings (SSSR count). The highest BCUT2D eigenvalue weighted by Crippen LogP contribution is 2.14. The third-order valence-electron chi connectivity index (χ3n) is 2.46. The van der Waals surface area contributed by atoms with Crippen LogP contribution in [0.25, 0.3) is 0 Å². The molecule has 0 saturated carbocycles. The molecule has 0 saturated heterocycles. The van der Waals surface area contributed by atoms with Crippen molar-refractivity contribution in [3.63, 3.8) is 0 Å². The number of nitrogens with zero attached hydrogens (tertiary/aromatic N) is 2. The fraction of sp³-hybridized carbons (Fsp3) is 0.250. The van der Waals surface area contributed by atoms with Crippen LogP contribution in [0.5, 0.6) is 0 Å². The normalized spacial score (nSPS) is 10.8. The Morgan fingerprint density at radius 2 is 1.95 bits per heavy atom. The van der Waals surface area contributed by atoms with E-state index in [1.54, 1.807) is 0 Å². The molecule has 0 atom stereocenters. The van der Waals surface area contributed by atoms with Crippen molar-refractivity contribution >= 4 is 11.9 Å². The lowest BCUT2D eigenvalue weighted by Gasteiger charge is -2.03. The first kappa shape index (κ1) is 13.1. The maximum atomic E-state index is 13.4. The van der Waals surface area contributed by atoms with Crippen LogP contribution in [0.15, 0.2) is 18.2 Å². The lowest BCUT2D eigenvalue weighted by molar-refractivity contribution is 0.101. The van der Waals surface area contributed by atoms with E-state index in [9.17, 15) is 13.6 Å². The minimum Gasteiger partial charge on any atom is -0.289 e. The number of rotatable bonds is 3. The summed E-state index contributed by atoms with van der Waals surface area (Å²) >= 11 is 0. The second-order valence-corrected chi connectivity index (χ2v) is 4.25. The average Bonchev–Trinajstić information content (AvgIpc) is 2.77. The van der Waals surface area contributed by atoms with Crippen LogP contribution in [-0.4, -0.2) is 21.1 Å². The molecule has 0 fully saturated rings. The number of hydrogen-bond acceptors (Lipinski definition) is 3. The fourth-order valence-electron chi connectivity index (χ4n) is 1.47. The smallest absolute Gasteiger partial charge is 0.264 e. The number of carbonyl (C=O) groups is 1. The van der Waals surface area contributed by atoms with Crippen molar-refractivity contribution in [1.82, 2.24) is 15.2 Å². The van der Waals surface area contributed by atoms with E-state index in [1.165, 1.54) is 6.07 Å². The summed E-state index contributed by atoms with van der Waals surface area (Å²) in [5, 5.41) is 8.62. The summed E-state index contributed by atoms with van der Waals surface area (Å²) in [5.41, 5.74) is -0.654. The first-order valence-corrected chi connectivity index (χ1v) is 5.66. The molecule has 1 aromatic heterocycles. The molecule has 1 aromatic carbocycles. The van der Waals surface area contributed by atoms with E-state index in [-0.39, 0.29) is 11.9 Å². The van der Waals surface area contributed by atoms with Crippen LogP contribution in [-0.2, 0) is 0 Å². The highest BCUT2D eigenvalue weighted by atomic mass is 19.1. The second kappa shape index (κ2) is 5.13. The van der Waals surface area contributed by atoms with Gasteiger partial charge in [0.25, 0.3) is 5.91 Å². The van der Waals surface area contributed by atoms with Crippen LogP contribution >= 0.6 is 0 Å². The Balaban J connectivity index is 2.21. The molecule has 0 aliphatic rings. The van der Waals surface area contributed by atoms with Gasteiger partial charge in [-0.3, -0.25) is 15.2 Å². The minimum absolute atomic E-state index is 0.0173. The molecule has 2 N–H and O–H groups in total. The van der Waals surface area contributed by atoms with Crippen molar-refractivity contribution in [2.24, 2.45) is 0 Å². The summed E-state index contributed by atoms with van der Waals surface area (Å²) in [6.07, 6.45) is 0. The van der Waals surface area contributed by atoms with Crippen LogP contribution in [0.1, 0.15) is 35.9 Å². The third-order valence-corrected chi connectivity index (χ3v) is 2.46. The largest absolute Gasteiger partial charge is 0.289 e. The zero-order valence-electron chi connectivity index (χ0n) is 10.4. The number of carbonyl (C=O) groups excluding carboxylic acids is 1. The highest BCUT2D eigenvalue weighted by Gasteiger charge is 2.18. The molecule has 0 radical (unpaired) electrons. The Morgan fingerprint density at radius 3 is 2.47 bits per heavy atom. The third kappa shape index (κ3) is 2.75. The summed E-state index contributed by atoms with van der Waals surface area (Å²) in [6.45, 7) is 3.78. The Kier molecular flexibility index (Phi) is 3.55. The van der Waals surface area contributed by atoms with Crippen molar-refractivity contribution in [2.45, 2.75) is 19.8 Å². The van der Waals surface area contributed by atoms with Gasteiger partial charge in [-0.15, -0.1) is 5.10 Å². The van der Waals surface area contributed by atoms with Crippen LogP contribution < -0.4 is 5.32 Å². The molecule has 0 aliphatic heterocycles. The Bertz CT molecular complexity index is 589. The van der Waals surface area contributed by atoms with E-state index in [0.29, 0.717) is 5.82 Å². The number of nitrogens with one attached hydrogen (secondary N) is 2. The molecule has 5 nitrogen and oxygen atoms in total. The van der Waals surface area contributed by atoms with Gasteiger partial charge in [0, 0.05) is 5.92 Å². The van der Waals surface area contributed by atoms with Crippen molar-refractivity contribution < 1.29 is 13.6 Å². The zero-order valence-corrected chi connectivity index (χ0v) is 10.4. The van der Waals surface area contributed by atoms with Gasteiger partial charge < -0.3 is 0 Å². The molecular formula is C12H12F2N4O. The van der Waals surface area contributed by atoms with Gasteiger partial charge in [0.1, 0.15) is 23.0 Å². The summed E-state index contributed by atoms with van der Waals surface area (Å²) < 4.78 is 26.8. The number of benzene rings is 1. The number of aromatic nitrogens is 3. The molecule has 1 heterocycles. The van der Waals surface area contributed by atoms with Crippen LogP contribution in [0.3, 0.4) is 0 Å². The maximum absolute atomic E-state index is 13.4. The minimum atomic E-state index is -0.933. The van der Waals surface area contributed by atoms with E-state index < -0.39 is 23.1 Å². The highest BCUT2D eigenvalue weighted by molar-refractivity contribution is 6.03. The Morgan fingerprint density at radius 1 is 1.32 bits per heavy atom. The summed E-state index contributed by atoms with van der Waals surface area (Å²) in [4.78, 5) is 15.7. The average molecular weight is 266 g/mol. The van der Waals surface area contributed by atoms with Crippen LogP contribution in [0.2, 0.25) is 0 Å². The van der Waals surface area contributed by atoms with Crippen LogP contribution in [0.4, 0.5) is 14.7 Å². The van der Waals surface area contributed by atoms with E-state index in [1.807, 2.05) is 13.8 Å². The predicted octanol–water partition coefficient (Wildman–Crippen LogP) is 2.46. The van der Waals surface area contributed by atoms with Crippen LogP contribution in [0, 0.1) is 11.6 Å². The lowest BCUT2D eigenvalue weighted by atomic mass is 10.2. The van der Waals surface area contributed by atoms with E-state index >= 15 is 0 Å². The number of aromatic amines is 1. The molecule has 2 aromatic rings.